The summed E-state index contributed by atoms with van der Waals surface area (Å²) in [4.78, 5) is 18.3. The average molecular weight is 528 g/mol. The standard InChI is InChI=1S/C23H36N4O2.HI/c1-23(2,17-9-5-6-10-17)16-25-22(24-15-21(28)27(3)4)26-19-13-14-29-20-12-8-7-11-18(19)20;/h7-8,11-12,17,19H,5-6,9-10,13-16H2,1-4H3,(H2,24,25,26);1H. The molecule has 1 aromatic rings. The van der Waals surface area contributed by atoms with Crippen LogP contribution in [0.2, 0.25) is 0 Å². The Morgan fingerprint density at radius 2 is 1.90 bits per heavy atom. The molecule has 1 heterocycles. The van der Waals surface area contributed by atoms with Crippen LogP contribution < -0.4 is 15.4 Å². The van der Waals surface area contributed by atoms with E-state index in [0.717, 1.165) is 30.2 Å². The summed E-state index contributed by atoms with van der Waals surface area (Å²) in [5.74, 6) is 2.36. The molecule has 2 aliphatic rings. The van der Waals surface area contributed by atoms with Crippen LogP contribution in [0.3, 0.4) is 0 Å². The number of guanidine groups is 1. The molecule has 2 N–H and O–H groups in total. The van der Waals surface area contributed by atoms with Gasteiger partial charge in [-0.25, -0.2) is 4.99 Å². The summed E-state index contributed by atoms with van der Waals surface area (Å²) in [5, 5.41) is 7.09. The van der Waals surface area contributed by atoms with Crippen molar-refractivity contribution in [3.63, 3.8) is 0 Å². The molecule has 3 rings (SSSR count). The average Bonchev–Trinajstić information content (AvgIpc) is 3.26. The number of hydrogen-bond acceptors (Lipinski definition) is 3. The minimum absolute atomic E-state index is 0. The number of carbonyl (C=O) groups is 1. The van der Waals surface area contributed by atoms with Crippen molar-refractivity contribution in [1.82, 2.24) is 15.5 Å². The highest BCUT2D eigenvalue weighted by molar-refractivity contribution is 14.0. The van der Waals surface area contributed by atoms with Gasteiger partial charge in [0.2, 0.25) is 5.91 Å². The van der Waals surface area contributed by atoms with Crippen LogP contribution in [0.4, 0.5) is 0 Å². The van der Waals surface area contributed by atoms with Gasteiger partial charge >= 0.3 is 0 Å². The molecule has 0 radical (unpaired) electrons. The van der Waals surface area contributed by atoms with Crippen molar-refractivity contribution in [3.8, 4) is 5.75 Å². The Labute approximate surface area is 198 Å². The fraction of sp³-hybridized carbons (Fsp3) is 0.652. The normalized spacial score (nSPS) is 19.3. The number of likely N-dealkylation sites (N-methyl/N-ethyl adjacent to an activating group) is 1. The molecule has 30 heavy (non-hydrogen) atoms. The van der Waals surface area contributed by atoms with Crippen molar-refractivity contribution in [2.75, 3.05) is 33.8 Å². The maximum absolute atomic E-state index is 12.1. The molecule has 1 saturated carbocycles. The predicted octanol–water partition coefficient (Wildman–Crippen LogP) is 3.97. The van der Waals surface area contributed by atoms with Crippen LogP contribution in [0.5, 0.6) is 5.75 Å². The number of para-hydroxylation sites is 1. The Hall–Kier alpha value is -1.51. The first-order valence-corrected chi connectivity index (χ1v) is 10.8. The predicted molar refractivity (Wildman–Crippen MR) is 133 cm³/mol. The lowest BCUT2D eigenvalue weighted by Gasteiger charge is -2.33. The number of nitrogens with zero attached hydrogens (tertiary/aromatic N) is 2. The molecule has 6 nitrogen and oxygen atoms in total. The van der Waals surface area contributed by atoms with Crippen molar-refractivity contribution in [2.45, 2.75) is 52.0 Å². The Kier molecular flexibility index (Phi) is 9.25. The molecule has 0 saturated heterocycles. The number of fused-ring (bicyclic) bond motifs is 1. The van der Waals surface area contributed by atoms with Crippen molar-refractivity contribution in [1.29, 1.82) is 0 Å². The fourth-order valence-corrected chi connectivity index (χ4v) is 4.26. The molecule has 0 aromatic heterocycles. The van der Waals surface area contributed by atoms with Crippen LogP contribution in [0.1, 0.15) is 57.6 Å². The molecule has 0 spiro atoms. The lowest BCUT2D eigenvalue weighted by atomic mass is 9.78. The first-order chi connectivity index (χ1) is 13.9. The number of rotatable bonds is 6. The zero-order valence-electron chi connectivity index (χ0n) is 18.7. The molecular weight excluding hydrogens is 491 g/mol. The molecule has 168 valence electrons. The van der Waals surface area contributed by atoms with Gasteiger partial charge in [-0.05, 0) is 30.2 Å². The molecule has 1 atom stereocenters. The van der Waals surface area contributed by atoms with Crippen molar-refractivity contribution in [2.24, 2.45) is 16.3 Å². The van der Waals surface area contributed by atoms with Crippen LogP contribution in [0.25, 0.3) is 0 Å². The Bertz CT molecular complexity index is 730. The summed E-state index contributed by atoms with van der Waals surface area (Å²) in [7, 11) is 3.52. The van der Waals surface area contributed by atoms with Gasteiger partial charge in [0.1, 0.15) is 12.3 Å². The SMILES string of the molecule is CN(C)C(=O)CN=C(NCC(C)(C)C1CCCC1)NC1CCOc2ccccc21.I. The van der Waals surface area contributed by atoms with E-state index in [2.05, 4.69) is 35.5 Å². The fourth-order valence-electron chi connectivity index (χ4n) is 4.26. The minimum Gasteiger partial charge on any atom is -0.493 e. The van der Waals surface area contributed by atoms with E-state index in [4.69, 9.17) is 4.74 Å². The van der Waals surface area contributed by atoms with E-state index in [-0.39, 0.29) is 47.9 Å². The molecule has 1 aliphatic heterocycles. The van der Waals surface area contributed by atoms with E-state index in [9.17, 15) is 4.79 Å². The van der Waals surface area contributed by atoms with E-state index in [1.165, 1.54) is 25.7 Å². The van der Waals surface area contributed by atoms with E-state index in [1.807, 2.05) is 18.2 Å². The molecule has 1 unspecified atom stereocenters. The number of hydrogen-bond donors (Lipinski definition) is 2. The van der Waals surface area contributed by atoms with Gasteiger partial charge in [-0.3, -0.25) is 4.79 Å². The van der Waals surface area contributed by atoms with E-state index < -0.39 is 0 Å². The lowest BCUT2D eigenvalue weighted by Crippen LogP contribution is -2.46. The van der Waals surface area contributed by atoms with Gasteiger partial charge in [0.25, 0.3) is 0 Å². The molecule has 7 heteroatoms. The van der Waals surface area contributed by atoms with Gasteiger partial charge in [-0.1, -0.05) is 44.9 Å². The van der Waals surface area contributed by atoms with Crippen LogP contribution in [0.15, 0.2) is 29.3 Å². The number of nitrogens with one attached hydrogen (secondary N) is 2. The van der Waals surface area contributed by atoms with Crippen LogP contribution in [0, 0.1) is 11.3 Å². The summed E-state index contributed by atoms with van der Waals surface area (Å²) in [6.07, 6.45) is 6.15. The monoisotopic (exact) mass is 528 g/mol. The van der Waals surface area contributed by atoms with Gasteiger partial charge in [0.05, 0.1) is 12.6 Å². The molecule has 1 aromatic carbocycles. The highest BCUT2D eigenvalue weighted by Gasteiger charge is 2.32. The number of amides is 1. The quantitative estimate of drug-likeness (QED) is 0.333. The smallest absolute Gasteiger partial charge is 0.243 e. The largest absolute Gasteiger partial charge is 0.493 e. The van der Waals surface area contributed by atoms with Crippen molar-refractivity contribution < 1.29 is 9.53 Å². The minimum atomic E-state index is -0.00599. The third-order valence-electron chi connectivity index (χ3n) is 6.31. The number of halogens is 1. The summed E-state index contributed by atoms with van der Waals surface area (Å²) < 4.78 is 5.79. The maximum Gasteiger partial charge on any atom is 0.243 e. The zero-order valence-corrected chi connectivity index (χ0v) is 21.1. The molecule has 1 aliphatic carbocycles. The van der Waals surface area contributed by atoms with Gasteiger partial charge in [0.15, 0.2) is 5.96 Å². The van der Waals surface area contributed by atoms with Gasteiger partial charge in [0, 0.05) is 32.6 Å². The highest BCUT2D eigenvalue weighted by Crippen LogP contribution is 2.39. The van der Waals surface area contributed by atoms with E-state index >= 15 is 0 Å². The summed E-state index contributed by atoms with van der Waals surface area (Å²) >= 11 is 0. The molecule has 1 amide bonds. The van der Waals surface area contributed by atoms with Crippen LogP contribution in [-0.2, 0) is 4.79 Å². The van der Waals surface area contributed by atoms with E-state index in [0.29, 0.717) is 12.6 Å². The number of benzene rings is 1. The molecular formula is C23H37IN4O2. The third-order valence-corrected chi connectivity index (χ3v) is 6.31. The second-order valence-corrected chi connectivity index (χ2v) is 9.15. The third kappa shape index (κ3) is 6.49. The summed E-state index contributed by atoms with van der Waals surface area (Å²) in [6, 6.07) is 8.25. The second-order valence-electron chi connectivity index (χ2n) is 9.15. The lowest BCUT2D eigenvalue weighted by molar-refractivity contribution is -0.127. The first kappa shape index (κ1) is 24.8. The second kappa shape index (κ2) is 11.2. The number of aliphatic imine (C=N–C) groups is 1. The zero-order chi connectivity index (χ0) is 20.9. The van der Waals surface area contributed by atoms with Crippen LogP contribution >= 0.6 is 24.0 Å². The Morgan fingerprint density at radius 3 is 2.60 bits per heavy atom. The topological polar surface area (TPSA) is 66.0 Å². The number of ether oxygens (including phenoxy) is 1. The maximum atomic E-state index is 12.1. The number of carbonyl (C=O) groups excluding carboxylic acids is 1. The van der Waals surface area contributed by atoms with Crippen molar-refractivity contribution in [3.05, 3.63) is 29.8 Å². The van der Waals surface area contributed by atoms with Crippen LogP contribution in [-0.4, -0.2) is 50.6 Å². The van der Waals surface area contributed by atoms with E-state index in [1.54, 1.807) is 19.0 Å². The molecule has 1 fully saturated rings. The van der Waals surface area contributed by atoms with Gasteiger partial charge < -0.3 is 20.3 Å². The highest BCUT2D eigenvalue weighted by atomic mass is 127. The van der Waals surface area contributed by atoms with Gasteiger partial charge in [-0.15, -0.1) is 24.0 Å². The first-order valence-electron chi connectivity index (χ1n) is 10.8. The van der Waals surface area contributed by atoms with Crippen molar-refractivity contribution >= 4 is 35.8 Å². The Morgan fingerprint density at radius 1 is 1.20 bits per heavy atom. The van der Waals surface area contributed by atoms with Gasteiger partial charge in [-0.2, -0.15) is 0 Å². The Balaban J connectivity index is 0.00000320. The summed E-state index contributed by atoms with van der Waals surface area (Å²) in [6.45, 7) is 6.32. The summed E-state index contributed by atoms with van der Waals surface area (Å²) in [5.41, 5.74) is 1.33. The molecule has 0 bridgehead atoms.